The normalized spacial score (nSPS) is 15.9. The zero-order chi connectivity index (χ0) is 17.1. The molecule has 132 valence electrons. The molecule has 0 amide bonds. The summed E-state index contributed by atoms with van der Waals surface area (Å²) < 4.78 is 11.3. The van der Waals surface area contributed by atoms with Crippen molar-refractivity contribution in [3.8, 4) is 0 Å². The van der Waals surface area contributed by atoms with Gasteiger partial charge in [-0.05, 0) is 61.5 Å². The molecule has 1 aromatic carbocycles. The van der Waals surface area contributed by atoms with Crippen LogP contribution in [0.15, 0.2) is 45.0 Å². The maximum atomic E-state index is 5.96. The lowest BCUT2D eigenvalue weighted by Crippen LogP contribution is -2.36. The molecule has 1 aliphatic rings. The van der Waals surface area contributed by atoms with E-state index in [2.05, 4.69) is 40.0 Å². The molecule has 3 heterocycles. The highest BCUT2D eigenvalue weighted by Gasteiger charge is 2.11. The van der Waals surface area contributed by atoms with Gasteiger partial charge in [0.15, 0.2) is 10.2 Å². The minimum atomic E-state index is 0.860. The second kappa shape index (κ2) is 7.64. The van der Waals surface area contributed by atoms with E-state index >= 15 is 0 Å². The molecule has 25 heavy (non-hydrogen) atoms. The van der Waals surface area contributed by atoms with Crippen molar-refractivity contribution in [2.45, 2.75) is 30.0 Å². The van der Waals surface area contributed by atoms with E-state index in [1.807, 2.05) is 12.1 Å². The summed E-state index contributed by atoms with van der Waals surface area (Å²) in [7, 11) is 0. The first-order valence-electron chi connectivity index (χ1n) is 8.79. The van der Waals surface area contributed by atoms with E-state index < -0.39 is 0 Å². The topological polar surface area (TPSA) is 54.3 Å². The highest BCUT2D eigenvalue weighted by molar-refractivity contribution is 7.99. The molecule has 1 saturated heterocycles. The Morgan fingerprint density at radius 3 is 2.96 bits per heavy atom. The Kier molecular flexibility index (Phi) is 5.10. The van der Waals surface area contributed by atoms with Gasteiger partial charge in [0, 0.05) is 19.5 Å². The van der Waals surface area contributed by atoms with Crippen molar-refractivity contribution in [2.75, 3.05) is 32.8 Å². The molecule has 0 bridgehead atoms. The Labute approximate surface area is 151 Å². The fourth-order valence-corrected chi connectivity index (χ4v) is 3.87. The molecule has 0 atom stereocenters. The Hall–Kier alpha value is -1.76. The van der Waals surface area contributed by atoms with Gasteiger partial charge in [-0.3, -0.25) is 4.90 Å². The molecule has 2 aromatic heterocycles. The van der Waals surface area contributed by atoms with Crippen LogP contribution in [0.5, 0.6) is 0 Å². The van der Waals surface area contributed by atoms with Crippen LogP contribution in [-0.2, 0) is 11.2 Å². The van der Waals surface area contributed by atoms with E-state index in [1.54, 1.807) is 11.8 Å². The van der Waals surface area contributed by atoms with Gasteiger partial charge >= 0.3 is 0 Å². The second-order valence-corrected chi connectivity index (χ2v) is 7.44. The summed E-state index contributed by atoms with van der Waals surface area (Å²) >= 11 is 1.54. The standard InChI is InChI=1S/C19H23N3O2S/c1-14-4-6-16-17(13-14)21-19(20-16)25-18-7-5-15(24-18)3-2-8-22-9-11-23-12-10-22/h4-7,13H,2-3,8-12H2,1H3,(H,20,21). The lowest BCUT2D eigenvalue weighted by Gasteiger charge is -2.26. The van der Waals surface area contributed by atoms with Gasteiger partial charge in [0.1, 0.15) is 5.76 Å². The number of nitrogens with zero attached hydrogens (tertiary/aromatic N) is 2. The first-order chi connectivity index (χ1) is 12.3. The first-order valence-corrected chi connectivity index (χ1v) is 9.61. The van der Waals surface area contributed by atoms with Crippen LogP contribution >= 0.6 is 11.8 Å². The first kappa shape index (κ1) is 16.7. The molecule has 0 spiro atoms. The summed E-state index contributed by atoms with van der Waals surface area (Å²) in [6, 6.07) is 10.4. The van der Waals surface area contributed by atoms with Crippen LogP contribution in [0, 0.1) is 6.92 Å². The number of morpholine rings is 1. The third-order valence-electron chi connectivity index (χ3n) is 4.45. The Morgan fingerprint density at radius 1 is 1.20 bits per heavy atom. The fourth-order valence-electron chi connectivity index (χ4n) is 3.09. The molecular weight excluding hydrogens is 334 g/mol. The quantitative estimate of drug-likeness (QED) is 0.725. The van der Waals surface area contributed by atoms with Crippen LogP contribution in [-0.4, -0.2) is 47.7 Å². The Bertz CT molecular complexity index is 836. The van der Waals surface area contributed by atoms with Gasteiger partial charge in [-0.1, -0.05) is 6.07 Å². The number of imidazole rings is 1. The summed E-state index contributed by atoms with van der Waals surface area (Å²) in [5.41, 5.74) is 3.29. The average Bonchev–Trinajstić information content (AvgIpc) is 3.22. The SMILES string of the molecule is Cc1ccc2nc(Sc3ccc(CCCN4CCOCC4)o3)[nH]c2c1. The van der Waals surface area contributed by atoms with Crippen molar-refractivity contribution in [1.29, 1.82) is 0 Å². The van der Waals surface area contributed by atoms with Crippen LogP contribution in [0.2, 0.25) is 0 Å². The molecule has 1 aliphatic heterocycles. The van der Waals surface area contributed by atoms with E-state index in [-0.39, 0.29) is 0 Å². The molecule has 3 aromatic rings. The van der Waals surface area contributed by atoms with Crippen LogP contribution in [0.1, 0.15) is 17.7 Å². The summed E-state index contributed by atoms with van der Waals surface area (Å²) in [6.07, 6.45) is 2.08. The van der Waals surface area contributed by atoms with Gasteiger partial charge in [0.2, 0.25) is 0 Å². The van der Waals surface area contributed by atoms with E-state index in [0.717, 1.165) is 72.7 Å². The monoisotopic (exact) mass is 357 g/mol. The van der Waals surface area contributed by atoms with Crippen LogP contribution in [0.25, 0.3) is 11.0 Å². The number of benzene rings is 1. The zero-order valence-electron chi connectivity index (χ0n) is 14.5. The van der Waals surface area contributed by atoms with Crippen molar-refractivity contribution in [1.82, 2.24) is 14.9 Å². The largest absolute Gasteiger partial charge is 0.454 e. The molecule has 0 unspecified atom stereocenters. The molecule has 5 nitrogen and oxygen atoms in total. The number of nitrogens with one attached hydrogen (secondary N) is 1. The lowest BCUT2D eigenvalue weighted by atomic mass is 10.2. The molecule has 4 rings (SSSR count). The maximum Gasteiger partial charge on any atom is 0.174 e. The van der Waals surface area contributed by atoms with Gasteiger partial charge in [-0.15, -0.1) is 0 Å². The molecule has 0 saturated carbocycles. The predicted octanol–water partition coefficient (Wildman–Crippen LogP) is 3.88. The molecule has 0 aliphatic carbocycles. The van der Waals surface area contributed by atoms with Crippen LogP contribution < -0.4 is 0 Å². The number of rotatable bonds is 6. The molecule has 1 fully saturated rings. The third kappa shape index (κ3) is 4.26. The molecule has 0 radical (unpaired) electrons. The van der Waals surface area contributed by atoms with Gasteiger partial charge in [-0.2, -0.15) is 0 Å². The summed E-state index contributed by atoms with van der Waals surface area (Å²) in [6.45, 7) is 7.00. The van der Waals surface area contributed by atoms with Gasteiger partial charge in [-0.25, -0.2) is 4.98 Å². The van der Waals surface area contributed by atoms with Crippen molar-refractivity contribution < 1.29 is 9.15 Å². The van der Waals surface area contributed by atoms with Gasteiger partial charge < -0.3 is 14.1 Å². The summed E-state index contributed by atoms with van der Waals surface area (Å²) in [5, 5.41) is 1.76. The average molecular weight is 357 g/mol. The van der Waals surface area contributed by atoms with Crippen LogP contribution in [0.3, 0.4) is 0 Å². The van der Waals surface area contributed by atoms with Crippen molar-refractivity contribution in [3.05, 3.63) is 41.7 Å². The van der Waals surface area contributed by atoms with E-state index in [1.165, 1.54) is 5.56 Å². The Morgan fingerprint density at radius 2 is 2.08 bits per heavy atom. The third-order valence-corrected chi connectivity index (χ3v) is 5.26. The van der Waals surface area contributed by atoms with E-state index in [9.17, 15) is 0 Å². The van der Waals surface area contributed by atoms with Crippen molar-refractivity contribution in [2.24, 2.45) is 0 Å². The number of ether oxygens (including phenoxy) is 1. The van der Waals surface area contributed by atoms with E-state index in [4.69, 9.17) is 9.15 Å². The minimum absolute atomic E-state index is 0.860. The number of fused-ring (bicyclic) bond motifs is 1. The molecule has 6 heteroatoms. The second-order valence-electron chi connectivity index (χ2n) is 6.44. The number of aromatic amines is 1. The number of furan rings is 1. The van der Waals surface area contributed by atoms with Gasteiger partial charge in [0.05, 0.1) is 24.2 Å². The lowest BCUT2D eigenvalue weighted by molar-refractivity contribution is 0.0373. The highest BCUT2D eigenvalue weighted by Crippen LogP contribution is 2.29. The van der Waals surface area contributed by atoms with Crippen molar-refractivity contribution in [3.63, 3.8) is 0 Å². The van der Waals surface area contributed by atoms with Crippen LogP contribution in [0.4, 0.5) is 0 Å². The van der Waals surface area contributed by atoms with Crippen molar-refractivity contribution >= 4 is 22.8 Å². The Balaban J connectivity index is 1.32. The molecular formula is C19H23N3O2S. The summed E-state index contributed by atoms with van der Waals surface area (Å²) in [4.78, 5) is 10.4. The smallest absolute Gasteiger partial charge is 0.174 e. The summed E-state index contributed by atoms with van der Waals surface area (Å²) in [5.74, 6) is 1.04. The van der Waals surface area contributed by atoms with E-state index in [0.29, 0.717) is 0 Å². The van der Waals surface area contributed by atoms with Gasteiger partial charge in [0.25, 0.3) is 0 Å². The minimum Gasteiger partial charge on any atom is -0.454 e. The predicted molar refractivity (Wildman–Crippen MR) is 99.2 cm³/mol. The number of H-pyrrole nitrogens is 1. The number of hydrogen-bond donors (Lipinski definition) is 1. The fraction of sp³-hybridized carbons (Fsp3) is 0.421. The highest BCUT2D eigenvalue weighted by atomic mass is 32.2. The number of aryl methyl sites for hydroxylation is 2. The molecule has 1 N–H and O–H groups in total. The maximum absolute atomic E-state index is 5.96. The number of aromatic nitrogens is 2. The zero-order valence-corrected chi connectivity index (χ0v) is 15.3. The number of hydrogen-bond acceptors (Lipinski definition) is 5.